The van der Waals surface area contributed by atoms with Gasteiger partial charge in [-0.25, -0.2) is 5.43 Å². The van der Waals surface area contributed by atoms with Crippen molar-refractivity contribution < 1.29 is 0 Å². The highest BCUT2D eigenvalue weighted by atomic mass is 15.5. The van der Waals surface area contributed by atoms with E-state index in [9.17, 15) is 0 Å². The number of nitrogens with zero attached hydrogens (tertiary/aromatic N) is 4. The molecule has 106 valence electrons. The quantitative estimate of drug-likeness (QED) is 0.345. The zero-order valence-corrected chi connectivity index (χ0v) is 11.6. The van der Waals surface area contributed by atoms with E-state index in [0.29, 0.717) is 5.95 Å². The Morgan fingerprint density at radius 3 is 2.27 bits per heavy atom. The van der Waals surface area contributed by atoms with Gasteiger partial charge in [0.05, 0.1) is 6.21 Å². The first-order chi connectivity index (χ1) is 10.9. The van der Waals surface area contributed by atoms with Crippen LogP contribution in [0.4, 0.5) is 5.95 Å². The summed E-state index contributed by atoms with van der Waals surface area (Å²) < 4.78 is 0. The van der Waals surface area contributed by atoms with E-state index >= 15 is 0 Å². The van der Waals surface area contributed by atoms with Crippen molar-refractivity contribution in [3.05, 3.63) is 60.2 Å². The Bertz CT molecular complexity index is 905. The van der Waals surface area contributed by atoms with Gasteiger partial charge in [-0.3, -0.25) is 0 Å². The van der Waals surface area contributed by atoms with Gasteiger partial charge in [0, 0.05) is 5.56 Å². The number of hydrazone groups is 1. The van der Waals surface area contributed by atoms with Crippen LogP contribution >= 0.6 is 0 Å². The molecule has 0 radical (unpaired) electrons. The monoisotopic (exact) mass is 288 g/mol. The molecular weight excluding hydrogens is 276 g/mol. The van der Waals surface area contributed by atoms with E-state index < -0.39 is 0 Å². The lowest BCUT2D eigenvalue weighted by molar-refractivity contribution is 0.881. The van der Waals surface area contributed by atoms with Crippen molar-refractivity contribution in [2.24, 2.45) is 5.10 Å². The van der Waals surface area contributed by atoms with Crippen molar-refractivity contribution in [1.82, 2.24) is 20.6 Å². The largest absolute Gasteiger partial charge is 0.283 e. The van der Waals surface area contributed by atoms with Crippen LogP contribution in [0.1, 0.15) is 5.56 Å². The summed E-state index contributed by atoms with van der Waals surface area (Å²) in [6.07, 6.45) is 1.79. The van der Waals surface area contributed by atoms with Crippen LogP contribution in [0.3, 0.4) is 0 Å². The SMILES string of the molecule is C(=N/Nc1nn[nH]n1)/c1c2ccccc2cc2ccccc12. The molecule has 0 saturated heterocycles. The molecule has 0 aliphatic heterocycles. The number of H-pyrrole nitrogens is 1. The number of anilines is 1. The van der Waals surface area contributed by atoms with E-state index in [2.05, 4.69) is 61.5 Å². The molecular formula is C16H12N6. The predicted octanol–water partition coefficient (Wildman–Crippen LogP) is 2.95. The van der Waals surface area contributed by atoms with Crippen LogP contribution in [0.5, 0.6) is 0 Å². The molecule has 4 aromatic rings. The number of aromatic nitrogens is 4. The minimum atomic E-state index is 0.334. The van der Waals surface area contributed by atoms with Crippen molar-refractivity contribution >= 4 is 33.7 Å². The highest BCUT2D eigenvalue weighted by molar-refractivity contribution is 6.13. The van der Waals surface area contributed by atoms with Crippen LogP contribution in [-0.4, -0.2) is 26.8 Å². The molecule has 2 N–H and O–H groups in total. The maximum Gasteiger partial charge on any atom is 0.283 e. The summed E-state index contributed by atoms with van der Waals surface area (Å²) in [4.78, 5) is 0. The zero-order valence-electron chi connectivity index (χ0n) is 11.6. The van der Waals surface area contributed by atoms with Gasteiger partial charge in [0.25, 0.3) is 5.95 Å². The van der Waals surface area contributed by atoms with Gasteiger partial charge < -0.3 is 0 Å². The number of aromatic amines is 1. The van der Waals surface area contributed by atoms with E-state index in [1.165, 1.54) is 10.8 Å². The number of rotatable bonds is 3. The third kappa shape index (κ3) is 2.16. The molecule has 1 heterocycles. The van der Waals surface area contributed by atoms with Gasteiger partial charge in [-0.1, -0.05) is 53.6 Å². The summed E-state index contributed by atoms with van der Waals surface area (Å²) in [5, 5.41) is 22.3. The van der Waals surface area contributed by atoms with E-state index in [1.54, 1.807) is 6.21 Å². The fourth-order valence-corrected chi connectivity index (χ4v) is 2.55. The second-order valence-electron chi connectivity index (χ2n) is 4.84. The molecule has 0 unspecified atom stereocenters. The normalized spacial score (nSPS) is 11.5. The van der Waals surface area contributed by atoms with Crippen LogP contribution in [0.2, 0.25) is 0 Å². The first-order valence-electron chi connectivity index (χ1n) is 6.85. The molecule has 0 spiro atoms. The number of hydrogen-bond acceptors (Lipinski definition) is 5. The van der Waals surface area contributed by atoms with Crippen LogP contribution in [-0.2, 0) is 0 Å². The molecule has 6 nitrogen and oxygen atoms in total. The number of benzene rings is 3. The second-order valence-corrected chi connectivity index (χ2v) is 4.84. The molecule has 0 bridgehead atoms. The summed E-state index contributed by atoms with van der Waals surface area (Å²) in [5.74, 6) is 0.334. The third-order valence-electron chi connectivity index (χ3n) is 3.52. The summed E-state index contributed by atoms with van der Waals surface area (Å²) in [6, 6.07) is 18.7. The van der Waals surface area contributed by atoms with Crippen molar-refractivity contribution in [1.29, 1.82) is 0 Å². The summed E-state index contributed by atoms with van der Waals surface area (Å²) >= 11 is 0. The Morgan fingerprint density at radius 2 is 1.64 bits per heavy atom. The molecule has 0 fully saturated rings. The number of tetrazole rings is 1. The second kappa shape index (κ2) is 5.25. The number of nitrogens with one attached hydrogen (secondary N) is 2. The van der Waals surface area contributed by atoms with E-state index in [0.717, 1.165) is 16.3 Å². The van der Waals surface area contributed by atoms with Crippen LogP contribution in [0.15, 0.2) is 59.7 Å². The van der Waals surface area contributed by atoms with Gasteiger partial charge in [-0.05, 0) is 32.8 Å². The van der Waals surface area contributed by atoms with Crippen molar-refractivity contribution in [3.63, 3.8) is 0 Å². The number of hydrogen-bond donors (Lipinski definition) is 2. The Balaban J connectivity index is 1.87. The lowest BCUT2D eigenvalue weighted by Crippen LogP contribution is -1.94. The zero-order chi connectivity index (χ0) is 14.8. The van der Waals surface area contributed by atoms with Gasteiger partial charge in [0.2, 0.25) is 0 Å². The fraction of sp³-hybridized carbons (Fsp3) is 0. The molecule has 0 saturated carbocycles. The lowest BCUT2D eigenvalue weighted by Gasteiger charge is -2.07. The standard InChI is InChI=1S/C16H12N6/c1-3-7-13-11(5-1)9-12-6-2-4-8-14(12)15(13)10-17-18-16-19-21-22-20-16/h1-10H,(H2,18,19,20,21,22)/b17-10-. The topological polar surface area (TPSA) is 78.9 Å². The van der Waals surface area contributed by atoms with Crippen molar-refractivity contribution in [2.75, 3.05) is 5.43 Å². The summed E-state index contributed by atoms with van der Waals surface area (Å²) in [6.45, 7) is 0. The Hall–Kier alpha value is -3.28. The average Bonchev–Trinajstić information content (AvgIpc) is 3.07. The highest BCUT2D eigenvalue weighted by Gasteiger charge is 2.05. The Kier molecular flexibility index (Phi) is 2.97. The van der Waals surface area contributed by atoms with Gasteiger partial charge in [0.1, 0.15) is 0 Å². The maximum absolute atomic E-state index is 4.22. The van der Waals surface area contributed by atoms with Crippen LogP contribution < -0.4 is 5.43 Å². The summed E-state index contributed by atoms with van der Waals surface area (Å²) in [5.41, 5.74) is 3.82. The van der Waals surface area contributed by atoms with E-state index in [1.807, 2.05) is 24.3 Å². The molecule has 0 aliphatic rings. The lowest BCUT2D eigenvalue weighted by atomic mass is 9.97. The fourth-order valence-electron chi connectivity index (χ4n) is 2.55. The molecule has 0 amide bonds. The van der Waals surface area contributed by atoms with Gasteiger partial charge in [-0.15, -0.1) is 5.10 Å². The smallest absolute Gasteiger partial charge is 0.243 e. The molecule has 6 heteroatoms. The van der Waals surface area contributed by atoms with E-state index in [-0.39, 0.29) is 0 Å². The van der Waals surface area contributed by atoms with Crippen molar-refractivity contribution in [2.45, 2.75) is 0 Å². The minimum Gasteiger partial charge on any atom is -0.243 e. The van der Waals surface area contributed by atoms with Crippen molar-refractivity contribution in [3.8, 4) is 0 Å². The van der Waals surface area contributed by atoms with Gasteiger partial charge in [0.15, 0.2) is 0 Å². The Labute approximate surface area is 125 Å². The van der Waals surface area contributed by atoms with Gasteiger partial charge in [-0.2, -0.15) is 10.3 Å². The van der Waals surface area contributed by atoms with E-state index in [4.69, 9.17) is 0 Å². The minimum absolute atomic E-state index is 0.334. The maximum atomic E-state index is 4.22. The highest BCUT2D eigenvalue weighted by Crippen LogP contribution is 2.27. The first-order valence-corrected chi connectivity index (χ1v) is 6.85. The molecule has 3 aromatic carbocycles. The first kappa shape index (κ1) is 12.5. The summed E-state index contributed by atoms with van der Waals surface area (Å²) in [7, 11) is 0. The molecule has 0 aliphatic carbocycles. The molecule has 22 heavy (non-hydrogen) atoms. The van der Waals surface area contributed by atoms with Gasteiger partial charge >= 0.3 is 0 Å². The third-order valence-corrected chi connectivity index (χ3v) is 3.52. The number of fused-ring (bicyclic) bond motifs is 2. The molecule has 1 aromatic heterocycles. The Morgan fingerprint density at radius 1 is 0.955 bits per heavy atom. The molecule has 0 atom stereocenters. The predicted molar refractivity (Wildman–Crippen MR) is 86.8 cm³/mol. The van der Waals surface area contributed by atoms with Crippen LogP contribution in [0, 0.1) is 0 Å². The molecule has 4 rings (SSSR count). The van der Waals surface area contributed by atoms with Crippen LogP contribution in [0.25, 0.3) is 21.5 Å². The average molecular weight is 288 g/mol.